The molecule has 6 nitrogen and oxygen atoms in total. The Kier molecular flexibility index (Phi) is 4.30. The van der Waals surface area contributed by atoms with E-state index >= 15 is 0 Å². The van der Waals surface area contributed by atoms with Crippen molar-refractivity contribution >= 4 is 5.91 Å². The number of halogens is 3. The van der Waals surface area contributed by atoms with Gasteiger partial charge < -0.3 is 10.5 Å². The molecule has 2 aromatic heterocycles. The summed E-state index contributed by atoms with van der Waals surface area (Å²) in [6.45, 7) is 6.79. The van der Waals surface area contributed by atoms with Crippen LogP contribution in [0.3, 0.4) is 0 Å². The second kappa shape index (κ2) is 5.81. The largest absolute Gasteiger partial charge is 0.421 e. The van der Waals surface area contributed by atoms with Gasteiger partial charge in [-0.3, -0.25) is 4.79 Å². The molecule has 2 N–H and O–H groups in total. The van der Waals surface area contributed by atoms with Gasteiger partial charge in [-0.05, 0) is 39.8 Å². The molecule has 0 aromatic carbocycles. The summed E-state index contributed by atoms with van der Waals surface area (Å²) >= 11 is 0. The molecule has 1 amide bonds. The second-order valence-corrected chi connectivity index (χ2v) is 6.18. The highest BCUT2D eigenvalue weighted by Gasteiger charge is 2.36. The van der Waals surface area contributed by atoms with Gasteiger partial charge in [0.25, 0.3) is 5.91 Å². The molecule has 0 atom stereocenters. The number of carbonyl (C=O) groups is 1. The zero-order valence-corrected chi connectivity index (χ0v) is 13.6. The number of nitrogens with zero attached hydrogens (tertiary/aromatic N) is 3. The van der Waals surface area contributed by atoms with Gasteiger partial charge in [-0.25, -0.2) is 9.67 Å². The second-order valence-electron chi connectivity index (χ2n) is 6.18. The fourth-order valence-electron chi connectivity index (χ4n) is 2.07. The standard InChI is InChI=1S/C15H17F3N4O2/c1-8-10(11(19)23)21-22(14(2,3)4)13(8)24-12-9(15(16,17)18)6-5-7-20-12/h5-7H,1-4H3,(H2,19,23). The van der Waals surface area contributed by atoms with Crippen LogP contribution in [0.2, 0.25) is 0 Å². The average Bonchev–Trinajstić information content (AvgIpc) is 2.76. The van der Waals surface area contributed by atoms with E-state index in [2.05, 4.69) is 10.1 Å². The van der Waals surface area contributed by atoms with E-state index in [-0.39, 0.29) is 17.1 Å². The zero-order chi connectivity index (χ0) is 18.3. The molecular weight excluding hydrogens is 325 g/mol. The van der Waals surface area contributed by atoms with Gasteiger partial charge in [-0.15, -0.1) is 0 Å². The van der Waals surface area contributed by atoms with Crippen molar-refractivity contribution in [1.29, 1.82) is 0 Å². The monoisotopic (exact) mass is 342 g/mol. The molecule has 0 unspecified atom stereocenters. The maximum absolute atomic E-state index is 13.1. The van der Waals surface area contributed by atoms with E-state index < -0.39 is 29.1 Å². The van der Waals surface area contributed by atoms with Crippen molar-refractivity contribution in [3.05, 3.63) is 35.2 Å². The predicted octanol–water partition coefficient (Wildman–Crippen LogP) is 3.25. The van der Waals surface area contributed by atoms with Gasteiger partial charge in [-0.1, -0.05) is 0 Å². The van der Waals surface area contributed by atoms with E-state index in [4.69, 9.17) is 10.5 Å². The highest BCUT2D eigenvalue weighted by Crippen LogP contribution is 2.38. The lowest BCUT2D eigenvalue weighted by Crippen LogP contribution is -2.25. The van der Waals surface area contributed by atoms with Gasteiger partial charge in [-0.2, -0.15) is 18.3 Å². The fraction of sp³-hybridized carbons (Fsp3) is 0.400. The maximum Gasteiger partial charge on any atom is 0.421 e. The quantitative estimate of drug-likeness (QED) is 0.928. The van der Waals surface area contributed by atoms with E-state index in [1.54, 1.807) is 20.8 Å². The number of ether oxygens (including phenoxy) is 1. The van der Waals surface area contributed by atoms with Crippen molar-refractivity contribution in [3.8, 4) is 11.8 Å². The molecule has 0 aliphatic heterocycles. The molecule has 0 bridgehead atoms. The third kappa shape index (κ3) is 3.34. The first kappa shape index (κ1) is 17.8. The number of carbonyl (C=O) groups excluding carboxylic acids is 1. The number of hydrogen-bond donors (Lipinski definition) is 1. The van der Waals surface area contributed by atoms with Gasteiger partial charge in [0.15, 0.2) is 5.69 Å². The van der Waals surface area contributed by atoms with Crippen molar-refractivity contribution in [1.82, 2.24) is 14.8 Å². The Bertz CT molecular complexity index is 776. The first-order valence-corrected chi connectivity index (χ1v) is 7.03. The first-order valence-electron chi connectivity index (χ1n) is 7.03. The van der Waals surface area contributed by atoms with Gasteiger partial charge in [0.1, 0.15) is 5.56 Å². The molecule has 0 radical (unpaired) electrons. The van der Waals surface area contributed by atoms with E-state index in [1.165, 1.54) is 23.9 Å². The van der Waals surface area contributed by atoms with Crippen LogP contribution in [0.5, 0.6) is 11.8 Å². The molecule has 9 heteroatoms. The number of amides is 1. The number of aromatic nitrogens is 3. The van der Waals surface area contributed by atoms with E-state index in [0.717, 1.165) is 6.07 Å². The Morgan fingerprint density at radius 3 is 2.42 bits per heavy atom. The SMILES string of the molecule is Cc1c(C(N)=O)nn(C(C)(C)C)c1Oc1ncccc1C(F)(F)F. The Morgan fingerprint density at radius 2 is 1.92 bits per heavy atom. The molecule has 130 valence electrons. The summed E-state index contributed by atoms with van der Waals surface area (Å²) < 4.78 is 46.0. The molecule has 0 aliphatic carbocycles. The summed E-state index contributed by atoms with van der Waals surface area (Å²) in [7, 11) is 0. The van der Waals surface area contributed by atoms with Crippen molar-refractivity contribution in [2.24, 2.45) is 5.73 Å². The molecule has 2 heterocycles. The lowest BCUT2D eigenvalue weighted by atomic mass is 10.1. The number of hydrogen-bond acceptors (Lipinski definition) is 4. The molecule has 2 aromatic rings. The molecule has 24 heavy (non-hydrogen) atoms. The van der Waals surface area contributed by atoms with E-state index in [9.17, 15) is 18.0 Å². The molecule has 2 rings (SSSR count). The molecule has 0 saturated carbocycles. The predicted molar refractivity (Wildman–Crippen MR) is 79.8 cm³/mol. The third-order valence-corrected chi connectivity index (χ3v) is 3.21. The summed E-state index contributed by atoms with van der Waals surface area (Å²) in [5.41, 5.74) is 3.77. The van der Waals surface area contributed by atoms with Gasteiger partial charge in [0.2, 0.25) is 11.8 Å². The molecule has 0 saturated heterocycles. The number of nitrogens with two attached hydrogens (primary N) is 1. The van der Waals surface area contributed by atoms with Crippen LogP contribution in [0.4, 0.5) is 13.2 Å². The van der Waals surface area contributed by atoms with Crippen LogP contribution in [0.25, 0.3) is 0 Å². The first-order chi connectivity index (χ1) is 10.9. The summed E-state index contributed by atoms with van der Waals surface area (Å²) in [5.74, 6) is -1.42. The lowest BCUT2D eigenvalue weighted by molar-refractivity contribution is -0.138. The number of primary amides is 1. The molecule has 0 fully saturated rings. The Balaban J connectivity index is 2.61. The van der Waals surface area contributed by atoms with Crippen LogP contribution in [0.1, 0.15) is 42.4 Å². The summed E-state index contributed by atoms with van der Waals surface area (Å²) in [6.07, 6.45) is -3.44. The van der Waals surface area contributed by atoms with Crippen LogP contribution in [-0.2, 0) is 11.7 Å². The summed E-state index contributed by atoms with van der Waals surface area (Å²) in [6, 6.07) is 2.03. The van der Waals surface area contributed by atoms with Crippen LogP contribution >= 0.6 is 0 Å². The highest BCUT2D eigenvalue weighted by molar-refractivity contribution is 5.92. The van der Waals surface area contributed by atoms with Crippen LogP contribution in [0, 0.1) is 6.92 Å². The fourth-order valence-corrected chi connectivity index (χ4v) is 2.07. The minimum Gasteiger partial charge on any atom is -0.420 e. The van der Waals surface area contributed by atoms with Crippen LogP contribution in [0.15, 0.2) is 18.3 Å². The van der Waals surface area contributed by atoms with Crippen LogP contribution in [-0.4, -0.2) is 20.7 Å². The lowest BCUT2D eigenvalue weighted by Gasteiger charge is -2.22. The normalized spacial score (nSPS) is 12.3. The van der Waals surface area contributed by atoms with E-state index in [1.807, 2.05) is 0 Å². The van der Waals surface area contributed by atoms with Crippen molar-refractivity contribution < 1.29 is 22.7 Å². The highest BCUT2D eigenvalue weighted by atomic mass is 19.4. The van der Waals surface area contributed by atoms with Crippen LogP contribution < -0.4 is 10.5 Å². The smallest absolute Gasteiger partial charge is 0.420 e. The molecular formula is C15H17F3N4O2. The topological polar surface area (TPSA) is 83.0 Å². The van der Waals surface area contributed by atoms with Gasteiger partial charge >= 0.3 is 6.18 Å². The van der Waals surface area contributed by atoms with Crippen molar-refractivity contribution in [2.45, 2.75) is 39.4 Å². The van der Waals surface area contributed by atoms with Crippen molar-refractivity contribution in [2.75, 3.05) is 0 Å². The van der Waals surface area contributed by atoms with Crippen molar-refractivity contribution in [3.63, 3.8) is 0 Å². The third-order valence-electron chi connectivity index (χ3n) is 3.21. The summed E-state index contributed by atoms with van der Waals surface area (Å²) in [4.78, 5) is 15.1. The number of alkyl halides is 3. The average molecular weight is 342 g/mol. The minimum atomic E-state index is -4.63. The van der Waals surface area contributed by atoms with E-state index in [0.29, 0.717) is 0 Å². The number of rotatable bonds is 3. The minimum absolute atomic E-state index is 0.0134. The molecule has 0 spiro atoms. The molecule has 0 aliphatic rings. The van der Waals surface area contributed by atoms with Gasteiger partial charge in [0.05, 0.1) is 5.54 Å². The van der Waals surface area contributed by atoms with Gasteiger partial charge in [0, 0.05) is 11.8 Å². The Hall–Kier alpha value is -2.58. The Morgan fingerprint density at radius 1 is 1.29 bits per heavy atom. The Labute approximate surface area is 136 Å². The zero-order valence-electron chi connectivity index (χ0n) is 13.6. The maximum atomic E-state index is 13.1. The summed E-state index contributed by atoms with van der Waals surface area (Å²) in [5, 5.41) is 4.08. The number of pyridine rings is 1.